The predicted octanol–water partition coefficient (Wildman–Crippen LogP) is 1.69. The van der Waals surface area contributed by atoms with Crippen molar-refractivity contribution in [2.24, 2.45) is 5.92 Å². The molecule has 0 atom stereocenters. The zero-order valence-corrected chi connectivity index (χ0v) is 10.9. The molecule has 20 heavy (non-hydrogen) atoms. The van der Waals surface area contributed by atoms with Crippen molar-refractivity contribution in [3.63, 3.8) is 0 Å². The summed E-state index contributed by atoms with van der Waals surface area (Å²) in [6.45, 7) is 0. The van der Waals surface area contributed by atoms with Gasteiger partial charge in [-0.05, 0) is 24.5 Å². The van der Waals surface area contributed by atoms with Crippen LogP contribution in [0.5, 0.6) is 0 Å². The van der Waals surface area contributed by atoms with Gasteiger partial charge in [0.15, 0.2) is 0 Å². The first-order valence-corrected chi connectivity index (χ1v) is 6.70. The highest BCUT2D eigenvalue weighted by atomic mass is 16.4. The van der Waals surface area contributed by atoms with E-state index in [9.17, 15) is 9.59 Å². The van der Waals surface area contributed by atoms with Crippen molar-refractivity contribution in [2.45, 2.75) is 25.3 Å². The molecule has 0 bridgehead atoms. The molecule has 5 nitrogen and oxygen atoms in total. The number of H-pyrrole nitrogens is 1. The first-order chi connectivity index (χ1) is 9.63. The van der Waals surface area contributed by atoms with Crippen LogP contribution in [-0.2, 0) is 16.0 Å². The van der Waals surface area contributed by atoms with E-state index in [4.69, 9.17) is 5.11 Å². The molecule has 1 aliphatic rings. The van der Waals surface area contributed by atoms with Crippen LogP contribution >= 0.6 is 0 Å². The Balaban J connectivity index is 1.58. The average Bonchev–Trinajstić information content (AvgIpc) is 2.76. The van der Waals surface area contributed by atoms with E-state index in [-0.39, 0.29) is 17.9 Å². The highest BCUT2D eigenvalue weighted by Crippen LogP contribution is 2.27. The molecule has 2 aromatic rings. The third-order valence-electron chi connectivity index (χ3n) is 3.88. The zero-order chi connectivity index (χ0) is 14.1. The molecule has 1 aromatic heterocycles. The first-order valence-electron chi connectivity index (χ1n) is 6.70. The molecule has 0 saturated heterocycles. The number of aromatic nitrogens is 1. The molecule has 0 spiro atoms. The van der Waals surface area contributed by atoms with Gasteiger partial charge in [-0.2, -0.15) is 0 Å². The van der Waals surface area contributed by atoms with E-state index in [2.05, 4.69) is 10.3 Å². The molecule has 0 aliphatic heterocycles. The van der Waals surface area contributed by atoms with Gasteiger partial charge in [0.2, 0.25) is 5.91 Å². The van der Waals surface area contributed by atoms with Crippen molar-refractivity contribution in [2.75, 3.05) is 0 Å². The highest BCUT2D eigenvalue weighted by Gasteiger charge is 2.35. The van der Waals surface area contributed by atoms with Crippen LogP contribution in [-0.4, -0.2) is 28.0 Å². The molecular weight excluding hydrogens is 256 g/mol. The lowest BCUT2D eigenvalue weighted by Crippen LogP contribution is -2.47. The largest absolute Gasteiger partial charge is 0.481 e. The average molecular weight is 272 g/mol. The number of para-hydroxylation sites is 1. The molecule has 104 valence electrons. The molecule has 3 N–H and O–H groups in total. The number of carboxylic acid groups (broad SMARTS) is 1. The van der Waals surface area contributed by atoms with Gasteiger partial charge in [0.05, 0.1) is 12.3 Å². The molecule has 1 fully saturated rings. The summed E-state index contributed by atoms with van der Waals surface area (Å²) < 4.78 is 0. The molecule has 0 radical (unpaired) electrons. The number of aliphatic carboxylic acids is 1. The van der Waals surface area contributed by atoms with E-state index in [0.717, 1.165) is 16.5 Å². The number of hydrogen-bond acceptors (Lipinski definition) is 2. The van der Waals surface area contributed by atoms with Gasteiger partial charge in [0.25, 0.3) is 0 Å². The van der Waals surface area contributed by atoms with Gasteiger partial charge in [-0.3, -0.25) is 9.59 Å². The number of rotatable bonds is 4. The number of carbonyl (C=O) groups is 2. The second-order valence-electron chi connectivity index (χ2n) is 5.31. The third-order valence-corrected chi connectivity index (χ3v) is 3.88. The van der Waals surface area contributed by atoms with Gasteiger partial charge in [0, 0.05) is 23.1 Å². The SMILES string of the molecule is O=C(Cc1c[nH]c2ccccc12)NC1CC(C(=O)O)C1. The molecule has 3 rings (SSSR count). The normalized spacial score (nSPS) is 21.4. The Labute approximate surface area is 116 Å². The number of nitrogens with one attached hydrogen (secondary N) is 2. The molecule has 5 heteroatoms. The summed E-state index contributed by atoms with van der Waals surface area (Å²) >= 11 is 0. The summed E-state index contributed by atoms with van der Waals surface area (Å²) in [7, 11) is 0. The fourth-order valence-electron chi connectivity index (χ4n) is 2.67. The summed E-state index contributed by atoms with van der Waals surface area (Å²) in [6.07, 6.45) is 3.24. The maximum Gasteiger partial charge on any atom is 0.306 e. The van der Waals surface area contributed by atoms with Gasteiger partial charge in [-0.25, -0.2) is 0 Å². The number of carbonyl (C=O) groups excluding carboxylic acids is 1. The molecule has 1 amide bonds. The minimum atomic E-state index is -0.771. The molecule has 1 heterocycles. The van der Waals surface area contributed by atoms with Crippen molar-refractivity contribution in [1.82, 2.24) is 10.3 Å². The number of amides is 1. The van der Waals surface area contributed by atoms with Gasteiger partial charge in [-0.15, -0.1) is 0 Å². The first kappa shape index (κ1) is 12.7. The summed E-state index contributed by atoms with van der Waals surface area (Å²) in [4.78, 5) is 25.8. The van der Waals surface area contributed by atoms with Crippen LogP contribution in [0.3, 0.4) is 0 Å². The second-order valence-corrected chi connectivity index (χ2v) is 5.31. The standard InChI is InChI=1S/C15H16N2O3/c18-14(17-11-5-9(6-11)15(19)20)7-10-8-16-13-4-2-1-3-12(10)13/h1-4,8-9,11,16H,5-7H2,(H,17,18)(H,19,20). The number of carboxylic acids is 1. The summed E-state index contributed by atoms with van der Waals surface area (Å²) in [5.74, 6) is -1.12. The van der Waals surface area contributed by atoms with E-state index >= 15 is 0 Å². The van der Waals surface area contributed by atoms with Gasteiger partial charge < -0.3 is 15.4 Å². The highest BCUT2D eigenvalue weighted by molar-refractivity contribution is 5.89. The lowest BCUT2D eigenvalue weighted by atomic mass is 9.80. The summed E-state index contributed by atoms with van der Waals surface area (Å²) in [6, 6.07) is 7.86. The Hall–Kier alpha value is -2.30. The van der Waals surface area contributed by atoms with Crippen molar-refractivity contribution in [3.8, 4) is 0 Å². The van der Waals surface area contributed by atoms with Crippen molar-refractivity contribution >= 4 is 22.8 Å². The maximum absolute atomic E-state index is 12.0. The van der Waals surface area contributed by atoms with Crippen molar-refractivity contribution in [1.29, 1.82) is 0 Å². The zero-order valence-electron chi connectivity index (χ0n) is 10.9. The Morgan fingerprint density at radius 3 is 2.80 bits per heavy atom. The molecule has 0 unspecified atom stereocenters. The lowest BCUT2D eigenvalue weighted by Gasteiger charge is -2.32. The number of hydrogen-bond donors (Lipinski definition) is 3. The smallest absolute Gasteiger partial charge is 0.306 e. The van der Waals surface area contributed by atoms with Gasteiger partial charge >= 0.3 is 5.97 Å². The van der Waals surface area contributed by atoms with Crippen LogP contribution in [0.15, 0.2) is 30.5 Å². The topological polar surface area (TPSA) is 82.2 Å². The Morgan fingerprint density at radius 2 is 2.05 bits per heavy atom. The van der Waals surface area contributed by atoms with E-state index < -0.39 is 5.97 Å². The quantitative estimate of drug-likeness (QED) is 0.792. The van der Waals surface area contributed by atoms with E-state index in [1.807, 2.05) is 30.5 Å². The van der Waals surface area contributed by atoms with E-state index in [0.29, 0.717) is 19.3 Å². The third kappa shape index (κ3) is 2.39. The Bertz CT molecular complexity index is 656. The minimum Gasteiger partial charge on any atom is -0.481 e. The number of fused-ring (bicyclic) bond motifs is 1. The van der Waals surface area contributed by atoms with Crippen LogP contribution in [0, 0.1) is 5.92 Å². The second kappa shape index (κ2) is 5.00. The van der Waals surface area contributed by atoms with Crippen molar-refractivity contribution in [3.05, 3.63) is 36.0 Å². The fraction of sp³-hybridized carbons (Fsp3) is 0.333. The summed E-state index contributed by atoms with van der Waals surface area (Å²) in [5.41, 5.74) is 1.98. The van der Waals surface area contributed by atoms with Gasteiger partial charge in [-0.1, -0.05) is 18.2 Å². The Kier molecular flexibility index (Phi) is 3.18. The fourth-order valence-corrected chi connectivity index (χ4v) is 2.67. The Morgan fingerprint density at radius 1 is 1.30 bits per heavy atom. The van der Waals surface area contributed by atoms with Crippen LogP contribution < -0.4 is 5.32 Å². The predicted molar refractivity (Wildman–Crippen MR) is 74.3 cm³/mol. The molecule has 1 saturated carbocycles. The van der Waals surface area contributed by atoms with Crippen molar-refractivity contribution < 1.29 is 14.7 Å². The van der Waals surface area contributed by atoms with E-state index in [1.54, 1.807) is 0 Å². The van der Waals surface area contributed by atoms with Crippen LogP contribution in [0.2, 0.25) is 0 Å². The van der Waals surface area contributed by atoms with E-state index in [1.165, 1.54) is 0 Å². The summed E-state index contributed by atoms with van der Waals surface area (Å²) in [5, 5.41) is 12.7. The van der Waals surface area contributed by atoms with Crippen LogP contribution in [0.4, 0.5) is 0 Å². The van der Waals surface area contributed by atoms with Crippen LogP contribution in [0.1, 0.15) is 18.4 Å². The lowest BCUT2D eigenvalue weighted by molar-refractivity contribution is -0.146. The monoisotopic (exact) mass is 272 g/mol. The molecule has 1 aliphatic carbocycles. The number of aromatic amines is 1. The molecular formula is C15H16N2O3. The number of benzene rings is 1. The van der Waals surface area contributed by atoms with Gasteiger partial charge in [0.1, 0.15) is 0 Å². The molecule has 1 aromatic carbocycles. The maximum atomic E-state index is 12.0. The van der Waals surface area contributed by atoms with Crippen LogP contribution in [0.25, 0.3) is 10.9 Å². The minimum absolute atomic E-state index is 0.00815.